The summed E-state index contributed by atoms with van der Waals surface area (Å²) in [6, 6.07) is 20.8. The first-order valence-electron chi connectivity index (χ1n) is 9.42. The summed E-state index contributed by atoms with van der Waals surface area (Å²) >= 11 is 6.05. The standard InChI is InChI=1S/C23H19ClN2O4S/c1-30-21-12-11-17(24)13-19(21)25-14-22-23(27)18-9-5-6-10-20(18)26(31(22,28)29)15-16-7-3-2-4-8-16/h2-14,25H,15H2,1H3/b22-14+. The van der Waals surface area contributed by atoms with Gasteiger partial charge in [0.15, 0.2) is 4.91 Å². The van der Waals surface area contributed by atoms with Crippen molar-refractivity contribution in [1.29, 1.82) is 0 Å². The average molecular weight is 455 g/mol. The van der Waals surface area contributed by atoms with Crippen LogP contribution in [0.5, 0.6) is 5.75 Å². The summed E-state index contributed by atoms with van der Waals surface area (Å²) in [5, 5.41) is 3.32. The molecule has 8 heteroatoms. The molecule has 0 unspecified atom stereocenters. The SMILES string of the molecule is COc1ccc(Cl)cc1N/C=C1\C(=O)c2ccccc2N(Cc2ccccc2)S1(=O)=O. The Bertz CT molecular complexity index is 1270. The second kappa shape index (κ2) is 8.45. The van der Waals surface area contributed by atoms with Gasteiger partial charge in [-0.05, 0) is 35.9 Å². The van der Waals surface area contributed by atoms with E-state index in [4.69, 9.17) is 16.3 Å². The number of halogens is 1. The van der Waals surface area contributed by atoms with Crippen molar-refractivity contribution in [3.05, 3.63) is 100 Å². The van der Waals surface area contributed by atoms with Gasteiger partial charge >= 0.3 is 0 Å². The number of nitrogens with zero attached hydrogens (tertiary/aromatic N) is 1. The fraction of sp³-hybridized carbons (Fsp3) is 0.0870. The highest BCUT2D eigenvalue weighted by molar-refractivity contribution is 7.97. The van der Waals surface area contributed by atoms with Crippen molar-refractivity contribution >= 4 is 38.8 Å². The number of hydrogen-bond acceptors (Lipinski definition) is 5. The molecule has 31 heavy (non-hydrogen) atoms. The first kappa shape index (κ1) is 21.0. The minimum absolute atomic E-state index is 0.102. The van der Waals surface area contributed by atoms with Crippen molar-refractivity contribution in [1.82, 2.24) is 0 Å². The average Bonchev–Trinajstić information content (AvgIpc) is 2.77. The van der Waals surface area contributed by atoms with E-state index in [1.165, 1.54) is 17.6 Å². The van der Waals surface area contributed by atoms with E-state index in [1.807, 2.05) is 30.3 Å². The van der Waals surface area contributed by atoms with Gasteiger partial charge in [-0.3, -0.25) is 9.10 Å². The van der Waals surface area contributed by atoms with Gasteiger partial charge in [-0.2, -0.15) is 0 Å². The second-order valence-corrected chi connectivity index (χ2v) is 9.11. The van der Waals surface area contributed by atoms with Crippen LogP contribution < -0.4 is 14.4 Å². The van der Waals surface area contributed by atoms with Crippen molar-refractivity contribution in [2.75, 3.05) is 16.7 Å². The number of anilines is 2. The Morgan fingerprint density at radius 2 is 1.74 bits per heavy atom. The van der Waals surface area contributed by atoms with Crippen LogP contribution in [0.2, 0.25) is 5.02 Å². The molecule has 0 fully saturated rings. The smallest absolute Gasteiger partial charge is 0.270 e. The van der Waals surface area contributed by atoms with E-state index in [0.717, 1.165) is 5.56 Å². The van der Waals surface area contributed by atoms with E-state index in [9.17, 15) is 13.2 Å². The fourth-order valence-corrected chi connectivity index (χ4v) is 5.08. The monoisotopic (exact) mass is 454 g/mol. The lowest BCUT2D eigenvalue weighted by Gasteiger charge is -2.31. The zero-order valence-electron chi connectivity index (χ0n) is 16.6. The molecule has 0 aliphatic carbocycles. The molecule has 0 aromatic heterocycles. The summed E-state index contributed by atoms with van der Waals surface area (Å²) in [6.45, 7) is 0.102. The number of nitrogens with one attached hydrogen (secondary N) is 1. The lowest BCUT2D eigenvalue weighted by molar-refractivity contribution is 0.104. The number of benzene rings is 3. The summed E-state index contributed by atoms with van der Waals surface area (Å²) in [5.41, 5.74) is 1.92. The lowest BCUT2D eigenvalue weighted by Crippen LogP contribution is -2.39. The van der Waals surface area contributed by atoms with Crippen molar-refractivity contribution in [2.45, 2.75) is 6.54 Å². The van der Waals surface area contributed by atoms with Crippen LogP contribution in [0.4, 0.5) is 11.4 Å². The third kappa shape index (κ3) is 4.02. The Morgan fingerprint density at radius 1 is 1.03 bits per heavy atom. The van der Waals surface area contributed by atoms with Crippen LogP contribution in [-0.2, 0) is 16.6 Å². The first-order chi connectivity index (χ1) is 14.9. The highest BCUT2D eigenvalue weighted by Crippen LogP contribution is 2.36. The van der Waals surface area contributed by atoms with E-state index in [-0.39, 0.29) is 11.4 Å². The molecule has 0 amide bonds. The number of para-hydroxylation sites is 1. The Hall–Kier alpha value is -3.29. The molecule has 0 spiro atoms. The molecule has 4 rings (SSSR count). The van der Waals surface area contributed by atoms with Gasteiger partial charge in [0.1, 0.15) is 5.75 Å². The van der Waals surface area contributed by atoms with Gasteiger partial charge in [0.25, 0.3) is 10.0 Å². The van der Waals surface area contributed by atoms with Crippen LogP contribution in [0.1, 0.15) is 15.9 Å². The Balaban J connectivity index is 1.79. The quantitative estimate of drug-likeness (QED) is 0.558. The number of sulfonamides is 1. The first-order valence-corrected chi connectivity index (χ1v) is 11.2. The molecule has 0 saturated carbocycles. The minimum Gasteiger partial charge on any atom is -0.495 e. The molecule has 0 bridgehead atoms. The minimum atomic E-state index is -4.12. The highest BCUT2D eigenvalue weighted by Gasteiger charge is 2.40. The summed E-state index contributed by atoms with van der Waals surface area (Å²) in [7, 11) is -2.63. The maximum Gasteiger partial charge on any atom is 0.270 e. The second-order valence-electron chi connectivity index (χ2n) is 6.84. The van der Waals surface area contributed by atoms with Gasteiger partial charge in [-0.15, -0.1) is 0 Å². The van der Waals surface area contributed by atoms with Crippen LogP contribution in [0.3, 0.4) is 0 Å². The number of ketones is 1. The molecule has 0 atom stereocenters. The molecule has 3 aromatic rings. The number of fused-ring (bicyclic) bond motifs is 1. The van der Waals surface area contributed by atoms with E-state index < -0.39 is 15.8 Å². The zero-order valence-corrected chi connectivity index (χ0v) is 18.2. The molecule has 158 valence electrons. The third-order valence-corrected chi connectivity index (χ3v) is 6.90. The molecular weight excluding hydrogens is 436 g/mol. The molecule has 0 saturated heterocycles. The van der Waals surface area contributed by atoms with Gasteiger partial charge in [-0.25, -0.2) is 8.42 Å². The Kier molecular flexibility index (Phi) is 5.71. The lowest BCUT2D eigenvalue weighted by atomic mass is 10.1. The van der Waals surface area contributed by atoms with Crippen LogP contribution >= 0.6 is 11.6 Å². The molecule has 1 heterocycles. The van der Waals surface area contributed by atoms with Gasteiger partial charge in [0.2, 0.25) is 5.78 Å². The largest absolute Gasteiger partial charge is 0.495 e. The van der Waals surface area contributed by atoms with Crippen LogP contribution in [0.15, 0.2) is 83.9 Å². The number of ether oxygens (including phenoxy) is 1. The number of Topliss-reactive ketones (excluding diaryl/α,β-unsaturated/α-hetero) is 1. The summed E-state index contributed by atoms with van der Waals surface area (Å²) in [4.78, 5) is 12.7. The molecule has 1 N–H and O–H groups in total. The number of carbonyl (C=O) groups excluding carboxylic acids is 1. The normalized spacial score (nSPS) is 16.1. The van der Waals surface area contributed by atoms with Crippen LogP contribution in [-0.4, -0.2) is 21.3 Å². The van der Waals surface area contributed by atoms with E-state index >= 15 is 0 Å². The Morgan fingerprint density at radius 3 is 2.48 bits per heavy atom. The van der Waals surface area contributed by atoms with Crippen molar-refractivity contribution < 1.29 is 17.9 Å². The van der Waals surface area contributed by atoms with Gasteiger partial charge in [-0.1, -0.05) is 54.1 Å². The van der Waals surface area contributed by atoms with Crippen molar-refractivity contribution in [3.8, 4) is 5.75 Å². The topological polar surface area (TPSA) is 75.7 Å². The predicted molar refractivity (Wildman–Crippen MR) is 122 cm³/mol. The number of allylic oxidation sites excluding steroid dienone is 1. The van der Waals surface area contributed by atoms with E-state index in [0.29, 0.717) is 27.7 Å². The van der Waals surface area contributed by atoms with Gasteiger partial charge in [0, 0.05) is 16.8 Å². The molecular formula is C23H19ClN2O4S. The zero-order chi connectivity index (χ0) is 22.0. The third-order valence-electron chi connectivity index (χ3n) is 4.90. The molecule has 1 aliphatic rings. The number of methoxy groups -OCH3 is 1. The van der Waals surface area contributed by atoms with E-state index in [1.54, 1.807) is 42.5 Å². The number of rotatable bonds is 5. The maximum atomic E-state index is 13.5. The highest BCUT2D eigenvalue weighted by atomic mass is 35.5. The molecule has 6 nitrogen and oxygen atoms in total. The maximum absolute atomic E-state index is 13.5. The van der Waals surface area contributed by atoms with Crippen LogP contribution in [0.25, 0.3) is 0 Å². The molecule has 0 radical (unpaired) electrons. The molecule has 1 aliphatic heterocycles. The van der Waals surface area contributed by atoms with Crippen LogP contribution in [0, 0.1) is 0 Å². The number of hydrogen-bond donors (Lipinski definition) is 1. The fourth-order valence-electron chi connectivity index (χ4n) is 3.38. The van der Waals surface area contributed by atoms with E-state index in [2.05, 4.69) is 5.32 Å². The summed E-state index contributed by atoms with van der Waals surface area (Å²) in [5.74, 6) is -0.114. The summed E-state index contributed by atoms with van der Waals surface area (Å²) in [6.07, 6.45) is 1.19. The van der Waals surface area contributed by atoms with Gasteiger partial charge < -0.3 is 10.1 Å². The molecule has 3 aromatic carbocycles. The summed E-state index contributed by atoms with van der Waals surface area (Å²) < 4.78 is 33.5. The van der Waals surface area contributed by atoms with Crippen molar-refractivity contribution in [2.24, 2.45) is 0 Å². The number of carbonyl (C=O) groups is 1. The van der Waals surface area contributed by atoms with Crippen molar-refractivity contribution in [3.63, 3.8) is 0 Å². The van der Waals surface area contributed by atoms with Gasteiger partial charge in [0.05, 0.1) is 25.0 Å². The predicted octanol–water partition coefficient (Wildman–Crippen LogP) is 4.83. The Labute approximate surface area is 185 Å².